The predicted molar refractivity (Wildman–Crippen MR) is 136 cm³/mol. The molecule has 2 aliphatic rings. The van der Waals surface area contributed by atoms with Gasteiger partial charge in [-0.2, -0.15) is 10.1 Å². The molecule has 9 nitrogen and oxygen atoms in total. The first-order chi connectivity index (χ1) is 17.1. The molecule has 1 saturated heterocycles. The number of aromatic amines is 1. The van der Waals surface area contributed by atoms with E-state index in [1.807, 2.05) is 12.1 Å². The molecule has 35 heavy (non-hydrogen) atoms. The minimum absolute atomic E-state index is 0.311. The molecule has 3 heterocycles. The van der Waals surface area contributed by atoms with E-state index in [2.05, 4.69) is 37.5 Å². The average molecular weight is 479 g/mol. The molecule has 1 saturated carbocycles. The van der Waals surface area contributed by atoms with Crippen molar-refractivity contribution in [2.24, 2.45) is 5.92 Å². The first kappa shape index (κ1) is 23.7. The molecule has 4 N–H and O–H groups in total. The number of aromatic nitrogens is 4. The van der Waals surface area contributed by atoms with Crippen LogP contribution in [0, 0.1) is 5.92 Å². The smallest absolute Gasteiger partial charge is 0.277 e. The minimum Gasteiger partial charge on any atom is -0.368 e. The number of aliphatic hydroxyl groups excluding tert-OH is 1. The molecule has 1 aliphatic heterocycles. The van der Waals surface area contributed by atoms with Gasteiger partial charge in [0.1, 0.15) is 16.7 Å². The van der Waals surface area contributed by atoms with Crippen LogP contribution in [-0.4, -0.2) is 49.8 Å². The summed E-state index contributed by atoms with van der Waals surface area (Å²) in [5, 5.41) is 28.7. The van der Waals surface area contributed by atoms with Crippen LogP contribution in [-0.2, 0) is 0 Å². The van der Waals surface area contributed by atoms with Crippen LogP contribution in [0.25, 0.3) is 10.9 Å². The van der Waals surface area contributed by atoms with Crippen LogP contribution in [0.1, 0.15) is 69.3 Å². The first-order valence-corrected chi connectivity index (χ1v) is 12.8. The van der Waals surface area contributed by atoms with E-state index in [9.17, 15) is 15.0 Å². The van der Waals surface area contributed by atoms with Gasteiger partial charge in [0.2, 0.25) is 5.95 Å². The Morgan fingerprint density at radius 1 is 1.00 bits per heavy atom. The van der Waals surface area contributed by atoms with Crippen LogP contribution >= 0.6 is 0 Å². The van der Waals surface area contributed by atoms with Crippen LogP contribution < -0.4 is 15.8 Å². The number of fused-ring (bicyclic) bond motifs is 1. The van der Waals surface area contributed by atoms with Crippen LogP contribution in [0.3, 0.4) is 0 Å². The highest BCUT2D eigenvalue weighted by atomic mass is 16.5. The van der Waals surface area contributed by atoms with E-state index in [1.165, 1.54) is 18.4 Å². The molecule has 1 aliphatic carbocycles. The molecule has 0 atom stereocenters. The fraction of sp³-hybridized carbons (Fsp3) is 0.538. The Balaban J connectivity index is 1.35. The van der Waals surface area contributed by atoms with Crippen LogP contribution in [0.15, 0.2) is 35.3 Å². The van der Waals surface area contributed by atoms with Gasteiger partial charge in [-0.15, -0.1) is 0 Å². The van der Waals surface area contributed by atoms with Crippen molar-refractivity contribution in [2.45, 2.75) is 70.0 Å². The number of nitrogens with zero attached hydrogens (tertiary/aromatic N) is 4. The maximum Gasteiger partial charge on any atom is 0.277 e. The Hall–Kier alpha value is -3.04. The third kappa shape index (κ3) is 5.62. The summed E-state index contributed by atoms with van der Waals surface area (Å²) in [5.74, 6) is 2.01. The van der Waals surface area contributed by atoms with E-state index >= 15 is 0 Å². The highest BCUT2D eigenvalue weighted by Crippen LogP contribution is 2.38. The van der Waals surface area contributed by atoms with Gasteiger partial charge in [-0.1, -0.05) is 25.0 Å². The van der Waals surface area contributed by atoms with E-state index < -0.39 is 6.29 Å². The highest BCUT2D eigenvalue weighted by Gasteiger charge is 2.24. The summed E-state index contributed by atoms with van der Waals surface area (Å²) in [6, 6.07) is 8.35. The Bertz CT molecular complexity index is 1180. The summed E-state index contributed by atoms with van der Waals surface area (Å²) < 4.78 is 0. The summed E-state index contributed by atoms with van der Waals surface area (Å²) in [6.07, 6.45) is 9.66. The van der Waals surface area contributed by atoms with E-state index in [-0.39, 0.29) is 5.56 Å². The van der Waals surface area contributed by atoms with E-state index in [4.69, 9.17) is 4.98 Å². The Kier molecular flexibility index (Phi) is 7.24. The van der Waals surface area contributed by atoms with Crippen LogP contribution in [0.5, 0.6) is 0 Å². The quantitative estimate of drug-likeness (QED) is 0.394. The number of anilines is 3. The van der Waals surface area contributed by atoms with Gasteiger partial charge < -0.3 is 20.4 Å². The highest BCUT2D eigenvalue weighted by molar-refractivity contribution is 5.90. The second kappa shape index (κ2) is 10.7. The molecule has 5 rings (SSSR count). The van der Waals surface area contributed by atoms with Crippen molar-refractivity contribution < 1.29 is 10.2 Å². The van der Waals surface area contributed by atoms with Crippen molar-refractivity contribution in [3.63, 3.8) is 0 Å². The zero-order valence-corrected chi connectivity index (χ0v) is 20.0. The predicted octanol–water partition coefficient (Wildman–Crippen LogP) is 3.81. The van der Waals surface area contributed by atoms with Crippen LogP contribution in [0.4, 0.5) is 17.5 Å². The maximum atomic E-state index is 12.6. The second-order valence-corrected chi connectivity index (χ2v) is 9.91. The Labute approximate surface area is 204 Å². The van der Waals surface area contributed by atoms with Gasteiger partial charge in [0.15, 0.2) is 6.29 Å². The molecule has 2 fully saturated rings. The lowest BCUT2D eigenvalue weighted by Crippen LogP contribution is -2.26. The number of aliphatic hydroxyl groups is 2. The topological polar surface area (TPSA) is 127 Å². The fourth-order valence-electron chi connectivity index (χ4n) is 5.50. The monoisotopic (exact) mass is 478 g/mol. The van der Waals surface area contributed by atoms with Crippen molar-refractivity contribution >= 4 is 28.4 Å². The largest absolute Gasteiger partial charge is 0.368 e. The zero-order chi connectivity index (χ0) is 24.2. The molecule has 3 aromatic rings. The summed E-state index contributed by atoms with van der Waals surface area (Å²) in [5.41, 5.74) is 2.38. The normalized spacial score (nSPS) is 21.3. The van der Waals surface area contributed by atoms with Crippen molar-refractivity contribution in [1.29, 1.82) is 0 Å². The zero-order valence-electron chi connectivity index (χ0n) is 20.0. The van der Waals surface area contributed by atoms with E-state index in [0.29, 0.717) is 40.9 Å². The van der Waals surface area contributed by atoms with Gasteiger partial charge in [0.05, 0.1) is 6.20 Å². The number of H-pyrrole nitrogens is 1. The molecular weight excluding hydrogens is 444 g/mol. The van der Waals surface area contributed by atoms with Gasteiger partial charge in [0.25, 0.3) is 5.56 Å². The summed E-state index contributed by atoms with van der Waals surface area (Å²) in [4.78, 5) is 24.3. The van der Waals surface area contributed by atoms with E-state index in [0.717, 1.165) is 57.3 Å². The molecule has 0 spiro atoms. The fourth-order valence-corrected chi connectivity index (χ4v) is 5.50. The summed E-state index contributed by atoms with van der Waals surface area (Å²) in [7, 11) is 0. The van der Waals surface area contributed by atoms with Gasteiger partial charge in [-0.3, -0.25) is 4.79 Å². The maximum absolute atomic E-state index is 12.6. The van der Waals surface area contributed by atoms with Gasteiger partial charge >= 0.3 is 0 Å². The molecule has 1 aromatic carbocycles. The van der Waals surface area contributed by atoms with Gasteiger partial charge in [-0.25, -0.2) is 10.1 Å². The lowest BCUT2D eigenvalue weighted by Gasteiger charge is -2.29. The van der Waals surface area contributed by atoms with Crippen LogP contribution in [0.2, 0.25) is 0 Å². The third-order valence-electron chi connectivity index (χ3n) is 7.43. The number of hydrogen-bond donors (Lipinski definition) is 4. The van der Waals surface area contributed by atoms with Crippen molar-refractivity contribution in [2.75, 3.05) is 23.3 Å². The third-order valence-corrected chi connectivity index (χ3v) is 7.43. The molecule has 0 bridgehead atoms. The van der Waals surface area contributed by atoms with Gasteiger partial charge in [-0.05, 0) is 68.1 Å². The minimum atomic E-state index is -1.21. The molecule has 9 heteroatoms. The van der Waals surface area contributed by atoms with E-state index in [1.54, 1.807) is 6.20 Å². The number of nitrogens with one attached hydrogen (secondary N) is 2. The first-order valence-electron chi connectivity index (χ1n) is 12.8. The number of benzene rings is 1. The molecule has 0 amide bonds. The Morgan fingerprint density at radius 2 is 1.71 bits per heavy atom. The molecule has 0 radical (unpaired) electrons. The lowest BCUT2D eigenvalue weighted by atomic mass is 9.77. The molecule has 0 unspecified atom stereocenters. The SMILES string of the molecule is O=c1[nH]ncc2nc(N3CCCCCC3)nc(Nc3ccc([C@H]4CC[C@@H](CC(O)O)CC4)cc3)c12. The standard InChI is InChI=1S/C26H34N6O3/c33-22(34)15-17-5-7-18(8-6-17)19-9-11-20(12-10-19)28-24-23-21(16-27-31-25(23)35)29-26(30-24)32-13-3-1-2-4-14-32/h9-12,16-18,22,33-34H,1-8,13-15H2,(H,31,35)(H,28,29,30)/t17-,18+. The number of hydrogen-bond acceptors (Lipinski definition) is 8. The second-order valence-electron chi connectivity index (χ2n) is 9.91. The van der Waals surface area contributed by atoms with Crippen molar-refractivity contribution in [3.8, 4) is 0 Å². The van der Waals surface area contributed by atoms with Gasteiger partial charge in [0, 0.05) is 25.2 Å². The average Bonchev–Trinajstić information content (AvgIpc) is 3.14. The molecule has 186 valence electrons. The number of rotatable bonds is 6. The summed E-state index contributed by atoms with van der Waals surface area (Å²) >= 11 is 0. The lowest BCUT2D eigenvalue weighted by molar-refractivity contribution is -0.0592. The molecular formula is C26H34N6O3. The Morgan fingerprint density at radius 3 is 2.40 bits per heavy atom. The summed E-state index contributed by atoms with van der Waals surface area (Å²) in [6.45, 7) is 1.82. The molecule has 2 aromatic heterocycles. The van der Waals surface area contributed by atoms with Crippen molar-refractivity contribution in [1.82, 2.24) is 20.2 Å². The van der Waals surface area contributed by atoms with Crippen molar-refractivity contribution in [3.05, 3.63) is 46.4 Å².